The summed E-state index contributed by atoms with van der Waals surface area (Å²) in [7, 11) is 1.23. The van der Waals surface area contributed by atoms with Crippen LogP contribution in [0.4, 0.5) is 0 Å². The number of carbonyl (C=O) groups is 2. The summed E-state index contributed by atoms with van der Waals surface area (Å²) in [6.07, 6.45) is 2.66. The van der Waals surface area contributed by atoms with Crippen molar-refractivity contribution in [2.75, 3.05) is 7.11 Å². The van der Waals surface area contributed by atoms with Gasteiger partial charge in [0.1, 0.15) is 11.6 Å². The third-order valence-electron chi connectivity index (χ3n) is 1.99. The van der Waals surface area contributed by atoms with E-state index in [2.05, 4.69) is 30.2 Å². The number of carboxylic acids is 1. The van der Waals surface area contributed by atoms with Crippen molar-refractivity contribution in [2.24, 2.45) is 0 Å². The lowest BCUT2D eigenvalue weighted by atomic mass is 10.5. The van der Waals surface area contributed by atoms with E-state index in [-0.39, 0.29) is 17.4 Å². The zero-order valence-corrected chi connectivity index (χ0v) is 10.9. The van der Waals surface area contributed by atoms with E-state index in [4.69, 9.17) is 5.11 Å². The predicted molar refractivity (Wildman–Crippen MR) is 62.9 cm³/mol. The molecule has 0 unspecified atom stereocenters. The highest BCUT2D eigenvalue weighted by Gasteiger charge is 2.14. The Bertz CT molecular complexity index is 645. The van der Waals surface area contributed by atoms with Gasteiger partial charge in [-0.1, -0.05) is 0 Å². The van der Waals surface area contributed by atoms with Crippen LogP contribution in [0, 0.1) is 0 Å². The Morgan fingerprint density at radius 1 is 1.45 bits per heavy atom. The topological polar surface area (TPSA) is 133 Å². The number of hydrogen-bond acceptors (Lipinski definition) is 9. The van der Waals surface area contributed by atoms with Gasteiger partial charge in [0.25, 0.3) is 0 Å². The monoisotopic (exact) mass is 296 g/mol. The summed E-state index contributed by atoms with van der Waals surface area (Å²) in [6, 6.07) is 0. The summed E-state index contributed by atoms with van der Waals surface area (Å²) >= 11 is 0.987. The van der Waals surface area contributed by atoms with E-state index in [1.165, 1.54) is 19.5 Å². The normalized spacial score (nSPS) is 10.2. The molecule has 0 saturated carbocycles. The third kappa shape index (κ3) is 3.26. The molecule has 0 saturated heterocycles. The molecular formula is C9H8N6O4S. The Balaban J connectivity index is 2.20. The van der Waals surface area contributed by atoms with E-state index in [9.17, 15) is 9.59 Å². The molecule has 104 valence electrons. The minimum absolute atomic E-state index is 0.0368. The molecule has 0 aliphatic rings. The first-order chi connectivity index (χ1) is 9.60. The summed E-state index contributed by atoms with van der Waals surface area (Å²) < 4.78 is 5.63. The SMILES string of the molecule is COC(=O)c1cncc(Sc2nnnn2CC(=O)O)n1. The van der Waals surface area contributed by atoms with Gasteiger partial charge in [0.15, 0.2) is 5.69 Å². The van der Waals surface area contributed by atoms with Gasteiger partial charge >= 0.3 is 11.9 Å². The number of aromatic nitrogens is 6. The smallest absolute Gasteiger partial charge is 0.358 e. The molecular weight excluding hydrogens is 288 g/mol. The molecule has 0 spiro atoms. The second-order valence-electron chi connectivity index (χ2n) is 3.35. The van der Waals surface area contributed by atoms with E-state index >= 15 is 0 Å². The Kier molecular flexibility index (Phi) is 4.20. The molecule has 0 bridgehead atoms. The highest BCUT2D eigenvalue weighted by Crippen LogP contribution is 2.22. The van der Waals surface area contributed by atoms with E-state index in [0.717, 1.165) is 16.4 Å². The van der Waals surface area contributed by atoms with Crippen molar-refractivity contribution < 1.29 is 19.4 Å². The zero-order valence-electron chi connectivity index (χ0n) is 10.1. The average Bonchev–Trinajstić information content (AvgIpc) is 2.84. The van der Waals surface area contributed by atoms with Crippen molar-refractivity contribution in [1.82, 2.24) is 30.2 Å². The number of nitrogens with zero attached hydrogens (tertiary/aromatic N) is 6. The fraction of sp³-hybridized carbons (Fsp3) is 0.222. The first-order valence-electron chi connectivity index (χ1n) is 5.16. The number of carbonyl (C=O) groups excluding carboxylic acids is 1. The van der Waals surface area contributed by atoms with Crippen molar-refractivity contribution in [3.8, 4) is 0 Å². The maximum atomic E-state index is 11.3. The number of aliphatic carboxylic acids is 1. The highest BCUT2D eigenvalue weighted by molar-refractivity contribution is 7.99. The van der Waals surface area contributed by atoms with Gasteiger partial charge in [0, 0.05) is 0 Å². The molecule has 0 fully saturated rings. The van der Waals surface area contributed by atoms with Crippen LogP contribution in [-0.4, -0.2) is 54.3 Å². The quantitative estimate of drug-likeness (QED) is 0.718. The molecule has 2 heterocycles. The second-order valence-corrected chi connectivity index (χ2v) is 4.34. The first-order valence-corrected chi connectivity index (χ1v) is 5.98. The van der Waals surface area contributed by atoms with E-state index in [1.807, 2.05) is 0 Å². The van der Waals surface area contributed by atoms with Crippen LogP contribution in [0.2, 0.25) is 0 Å². The lowest BCUT2D eigenvalue weighted by molar-refractivity contribution is -0.138. The number of rotatable bonds is 5. The molecule has 2 aromatic rings. The van der Waals surface area contributed by atoms with Gasteiger partial charge < -0.3 is 9.84 Å². The van der Waals surface area contributed by atoms with Gasteiger partial charge in [-0.3, -0.25) is 9.78 Å². The van der Waals surface area contributed by atoms with Crippen LogP contribution in [0.25, 0.3) is 0 Å². The molecule has 2 rings (SSSR count). The van der Waals surface area contributed by atoms with Crippen molar-refractivity contribution in [3.05, 3.63) is 18.1 Å². The fourth-order valence-corrected chi connectivity index (χ4v) is 1.92. The summed E-state index contributed by atoms with van der Waals surface area (Å²) in [6.45, 7) is -0.376. The number of esters is 1. The van der Waals surface area contributed by atoms with E-state index in [1.54, 1.807) is 0 Å². The van der Waals surface area contributed by atoms with Gasteiger partial charge in [-0.2, -0.15) is 0 Å². The lowest BCUT2D eigenvalue weighted by Crippen LogP contribution is -2.11. The molecule has 11 heteroatoms. The van der Waals surface area contributed by atoms with Gasteiger partial charge in [-0.15, -0.1) is 5.10 Å². The fourth-order valence-electron chi connectivity index (χ4n) is 1.19. The van der Waals surface area contributed by atoms with Crippen LogP contribution in [0.5, 0.6) is 0 Å². The van der Waals surface area contributed by atoms with Crippen molar-refractivity contribution in [3.63, 3.8) is 0 Å². The average molecular weight is 296 g/mol. The number of hydrogen-bond donors (Lipinski definition) is 1. The van der Waals surface area contributed by atoms with Crippen molar-refractivity contribution in [2.45, 2.75) is 16.7 Å². The summed E-state index contributed by atoms with van der Waals surface area (Å²) in [5.41, 5.74) is 0.0368. The Hall–Kier alpha value is -2.56. The molecule has 0 amide bonds. The largest absolute Gasteiger partial charge is 0.480 e. The summed E-state index contributed by atoms with van der Waals surface area (Å²) in [4.78, 5) is 29.8. The molecule has 0 atom stereocenters. The molecule has 0 aliphatic heterocycles. The van der Waals surface area contributed by atoms with Gasteiger partial charge in [-0.25, -0.2) is 14.5 Å². The van der Waals surface area contributed by atoms with Gasteiger partial charge in [0.2, 0.25) is 5.16 Å². The second kappa shape index (κ2) is 6.06. The Labute approximate surface area is 116 Å². The molecule has 0 radical (unpaired) electrons. The van der Waals surface area contributed by atoms with E-state index < -0.39 is 11.9 Å². The number of methoxy groups -OCH3 is 1. The van der Waals surface area contributed by atoms with Crippen LogP contribution >= 0.6 is 11.8 Å². The number of ether oxygens (including phenoxy) is 1. The molecule has 0 aromatic carbocycles. The first kappa shape index (κ1) is 13.9. The van der Waals surface area contributed by atoms with Crippen LogP contribution in [0.3, 0.4) is 0 Å². The summed E-state index contributed by atoms with van der Waals surface area (Å²) in [5.74, 6) is -1.70. The standard InChI is InChI=1S/C9H8N6O4S/c1-19-8(18)5-2-10-3-6(11-5)20-9-12-13-14-15(9)4-7(16)17/h2-3H,4H2,1H3,(H,16,17). The van der Waals surface area contributed by atoms with Crippen LogP contribution < -0.4 is 0 Å². The molecule has 0 aliphatic carbocycles. The van der Waals surface area contributed by atoms with E-state index in [0.29, 0.717) is 5.03 Å². The predicted octanol–water partition coefficient (Wildman–Crippen LogP) is -0.515. The molecule has 20 heavy (non-hydrogen) atoms. The van der Waals surface area contributed by atoms with Crippen LogP contribution in [0.1, 0.15) is 10.5 Å². The molecule has 2 aromatic heterocycles. The van der Waals surface area contributed by atoms with Crippen LogP contribution in [0.15, 0.2) is 22.6 Å². The number of tetrazole rings is 1. The lowest BCUT2D eigenvalue weighted by Gasteiger charge is -2.02. The zero-order chi connectivity index (χ0) is 14.5. The maximum absolute atomic E-state index is 11.3. The summed E-state index contributed by atoms with van der Waals surface area (Å²) in [5, 5.41) is 19.9. The number of carboxylic acid groups (broad SMARTS) is 1. The third-order valence-corrected chi connectivity index (χ3v) is 2.87. The molecule has 1 N–H and O–H groups in total. The minimum atomic E-state index is -1.08. The van der Waals surface area contributed by atoms with Crippen LogP contribution in [-0.2, 0) is 16.1 Å². The van der Waals surface area contributed by atoms with Crippen molar-refractivity contribution in [1.29, 1.82) is 0 Å². The highest BCUT2D eigenvalue weighted by atomic mass is 32.2. The maximum Gasteiger partial charge on any atom is 0.358 e. The van der Waals surface area contributed by atoms with Gasteiger partial charge in [0.05, 0.1) is 19.5 Å². The van der Waals surface area contributed by atoms with Gasteiger partial charge in [-0.05, 0) is 22.2 Å². The van der Waals surface area contributed by atoms with Crippen molar-refractivity contribution >= 4 is 23.7 Å². The minimum Gasteiger partial charge on any atom is -0.480 e. The Morgan fingerprint density at radius 2 is 2.25 bits per heavy atom. The Morgan fingerprint density at radius 3 is 2.95 bits per heavy atom. The molecule has 10 nitrogen and oxygen atoms in total.